The summed E-state index contributed by atoms with van der Waals surface area (Å²) in [6.07, 6.45) is 56.9. The van der Waals surface area contributed by atoms with Crippen LogP contribution in [-0.2, 0) is 14.3 Å². The summed E-state index contributed by atoms with van der Waals surface area (Å²) >= 11 is 0. The second kappa shape index (κ2) is 42.5. The van der Waals surface area contributed by atoms with Gasteiger partial charge in [-0.25, -0.2) is 0 Å². The molecule has 0 spiro atoms. The Morgan fingerprint density at radius 3 is 1.46 bits per heavy atom. The summed E-state index contributed by atoms with van der Waals surface area (Å²) in [5, 5.41) is 54.0. The molecule has 0 bridgehead atoms. The lowest BCUT2D eigenvalue weighted by atomic mass is 9.99. The predicted octanol–water partition coefficient (Wildman–Crippen LogP) is 10.8. The van der Waals surface area contributed by atoms with Gasteiger partial charge in [-0.15, -0.1) is 0 Å². The highest BCUT2D eigenvalue weighted by Gasteiger charge is 2.44. The quantitative estimate of drug-likeness (QED) is 0.0265. The molecular weight excluding hydrogens is 791 g/mol. The van der Waals surface area contributed by atoms with Gasteiger partial charge >= 0.3 is 0 Å². The monoisotopic (exact) mass is 878 g/mol. The van der Waals surface area contributed by atoms with Crippen molar-refractivity contribution in [3.05, 3.63) is 122 Å². The molecular formula is C54H87NO8. The molecule has 1 amide bonds. The van der Waals surface area contributed by atoms with Crippen LogP contribution in [0.15, 0.2) is 122 Å². The summed E-state index contributed by atoms with van der Waals surface area (Å²) in [7, 11) is 0. The van der Waals surface area contributed by atoms with Gasteiger partial charge in [-0.3, -0.25) is 4.79 Å². The van der Waals surface area contributed by atoms with Crippen LogP contribution in [0.1, 0.15) is 155 Å². The molecule has 1 saturated heterocycles. The minimum atomic E-state index is -1.58. The van der Waals surface area contributed by atoms with Gasteiger partial charge in [-0.1, -0.05) is 180 Å². The zero-order chi connectivity index (χ0) is 45.9. The Labute approximate surface area is 382 Å². The molecule has 1 aliphatic rings. The van der Waals surface area contributed by atoms with E-state index in [9.17, 15) is 30.3 Å². The molecule has 356 valence electrons. The second-order valence-electron chi connectivity index (χ2n) is 16.2. The summed E-state index contributed by atoms with van der Waals surface area (Å²) in [5.41, 5.74) is 0. The number of carbonyl (C=O) groups is 1. The molecule has 7 atom stereocenters. The van der Waals surface area contributed by atoms with Crippen LogP contribution >= 0.6 is 0 Å². The molecule has 63 heavy (non-hydrogen) atoms. The van der Waals surface area contributed by atoms with E-state index in [0.29, 0.717) is 12.8 Å². The molecule has 1 fully saturated rings. The van der Waals surface area contributed by atoms with Gasteiger partial charge in [0.05, 0.1) is 25.4 Å². The van der Waals surface area contributed by atoms with Crippen molar-refractivity contribution in [1.82, 2.24) is 5.32 Å². The maximum atomic E-state index is 12.9. The first kappa shape index (κ1) is 57.6. The molecule has 6 N–H and O–H groups in total. The first-order valence-electron chi connectivity index (χ1n) is 24.3. The molecule has 0 aromatic heterocycles. The zero-order valence-corrected chi connectivity index (χ0v) is 39.0. The summed E-state index contributed by atoms with van der Waals surface area (Å²) < 4.78 is 11.2. The van der Waals surface area contributed by atoms with Crippen molar-refractivity contribution in [2.75, 3.05) is 13.2 Å². The SMILES string of the molecule is CC/C=C\C/C=C\C/C=C\C/C=C\C/C=C\C/C=C\C/C=C\C/C=C\C/C=C\CCCCCC(=O)NC(COC1OC(CO)C(O)C(O)C1O)C(O)/C=C/CCCCCCCCC. The Balaban J connectivity index is 2.27. The highest BCUT2D eigenvalue weighted by molar-refractivity contribution is 5.76. The van der Waals surface area contributed by atoms with Crippen molar-refractivity contribution >= 4 is 5.91 Å². The van der Waals surface area contributed by atoms with Gasteiger partial charge in [0.1, 0.15) is 24.4 Å². The van der Waals surface area contributed by atoms with Crippen LogP contribution < -0.4 is 5.32 Å². The fraction of sp³-hybridized carbons (Fsp3) is 0.611. The summed E-state index contributed by atoms with van der Waals surface area (Å²) in [4.78, 5) is 12.9. The van der Waals surface area contributed by atoms with Crippen LogP contribution in [0.3, 0.4) is 0 Å². The molecule has 0 aromatic rings. The number of hydrogen-bond donors (Lipinski definition) is 6. The van der Waals surface area contributed by atoms with Crippen molar-refractivity contribution in [3.63, 3.8) is 0 Å². The number of amides is 1. The van der Waals surface area contributed by atoms with E-state index in [-0.39, 0.29) is 12.5 Å². The third-order valence-electron chi connectivity index (χ3n) is 10.5. The predicted molar refractivity (Wildman–Crippen MR) is 262 cm³/mol. The first-order chi connectivity index (χ1) is 30.8. The van der Waals surface area contributed by atoms with Crippen molar-refractivity contribution in [2.45, 2.75) is 198 Å². The van der Waals surface area contributed by atoms with Crippen LogP contribution in [0.4, 0.5) is 0 Å². The van der Waals surface area contributed by atoms with Gasteiger partial charge < -0.3 is 40.3 Å². The van der Waals surface area contributed by atoms with Crippen LogP contribution in [0.25, 0.3) is 0 Å². The van der Waals surface area contributed by atoms with E-state index in [1.165, 1.54) is 32.1 Å². The minimum Gasteiger partial charge on any atom is -0.394 e. The summed E-state index contributed by atoms with van der Waals surface area (Å²) in [5.74, 6) is -0.218. The Hall–Kier alpha value is -3.41. The van der Waals surface area contributed by atoms with Crippen molar-refractivity contribution < 1.29 is 39.8 Å². The highest BCUT2D eigenvalue weighted by Crippen LogP contribution is 2.22. The average molecular weight is 878 g/mol. The van der Waals surface area contributed by atoms with Gasteiger partial charge in [-0.05, 0) is 89.9 Å². The van der Waals surface area contributed by atoms with Crippen LogP contribution in [0.2, 0.25) is 0 Å². The molecule has 0 saturated carbocycles. The van der Waals surface area contributed by atoms with Crippen LogP contribution in [0, 0.1) is 0 Å². The van der Waals surface area contributed by atoms with Crippen LogP contribution in [-0.4, -0.2) is 87.5 Å². The number of unbranched alkanes of at least 4 members (excludes halogenated alkanes) is 10. The molecule has 0 aliphatic carbocycles. The van der Waals surface area contributed by atoms with Gasteiger partial charge in [-0.2, -0.15) is 0 Å². The number of ether oxygens (including phenoxy) is 2. The van der Waals surface area contributed by atoms with Crippen molar-refractivity contribution in [2.24, 2.45) is 0 Å². The number of aliphatic hydroxyl groups excluding tert-OH is 5. The molecule has 0 aromatic carbocycles. The Bertz CT molecular complexity index is 1390. The third kappa shape index (κ3) is 32.8. The molecule has 7 unspecified atom stereocenters. The first-order valence-corrected chi connectivity index (χ1v) is 24.3. The topological polar surface area (TPSA) is 149 Å². The molecule has 9 nitrogen and oxygen atoms in total. The smallest absolute Gasteiger partial charge is 0.220 e. The van der Waals surface area contributed by atoms with E-state index in [1.807, 2.05) is 6.08 Å². The number of aliphatic hydroxyl groups is 5. The Morgan fingerprint density at radius 1 is 0.556 bits per heavy atom. The zero-order valence-electron chi connectivity index (χ0n) is 39.0. The maximum absolute atomic E-state index is 12.9. The van der Waals surface area contributed by atoms with Crippen molar-refractivity contribution in [3.8, 4) is 0 Å². The van der Waals surface area contributed by atoms with Gasteiger partial charge in [0.25, 0.3) is 0 Å². The maximum Gasteiger partial charge on any atom is 0.220 e. The molecule has 1 aliphatic heterocycles. The number of rotatable bonds is 38. The van der Waals surface area contributed by atoms with E-state index in [4.69, 9.17) is 9.47 Å². The van der Waals surface area contributed by atoms with Crippen LogP contribution in [0.5, 0.6) is 0 Å². The fourth-order valence-corrected chi connectivity index (χ4v) is 6.67. The number of hydrogen-bond acceptors (Lipinski definition) is 8. The van der Waals surface area contributed by atoms with Gasteiger partial charge in [0.15, 0.2) is 6.29 Å². The second-order valence-corrected chi connectivity index (χ2v) is 16.2. The molecule has 9 heteroatoms. The lowest BCUT2D eigenvalue weighted by Gasteiger charge is -2.40. The molecule has 1 heterocycles. The van der Waals surface area contributed by atoms with E-state index in [2.05, 4.69) is 129 Å². The van der Waals surface area contributed by atoms with E-state index >= 15 is 0 Å². The minimum absolute atomic E-state index is 0.211. The number of allylic oxidation sites excluding steroid dienone is 19. The van der Waals surface area contributed by atoms with E-state index < -0.39 is 49.5 Å². The average Bonchev–Trinajstić information content (AvgIpc) is 3.28. The fourth-order valence-electron chi connectivity index (χ4n) is 6.67. The third-order valence-corrected chi connectivity index (χ3v) is 10.5. The Morgan fingerprint density at radius 2 is 0.984 bits per heavy atom. The molecule has 1 rings (SSSR count). The normalized spacial score (nSPS) is 21.3. The lowest BCUT2D eigenvalue weighted by molar-refractivity contribution is -0.302. The standard InChI is InChI=1S/C54H87NO8/c1-3-5-7-9-11-13-14-15-16-17-18-19-20-21-22-23-24-25-26-27-28-29-30-31-32-33-34-36-38-40-42-44-50(58)55-47(48(57)43-41-39-37-35-12-10-8-6-4-2)46-62-54-53(61)52(60)51(59)49(45-56)63-54/h5,7,11,13,15-16,18-19,21-22,24-25,27-28,30-31,33-34,41,43,47-49,51-54,56-57,59-61H,3-4,6,8-10,12,14,17,20,23,26,29,32,35-40,42,44-46H2,1-2H3,(H,55,58)/b7-5-,13-11-,16-15-,19-18-,22-21-,25-24-,28-27-,31-30-,34-33-,43-41+. The van der Waals surface area contributed by atoms with E-state index in [1.54, 1.807) is 6.08 Å². The summed E-state index contributed by atoms with van der Waals surface area (Å²) in [6.45, 7) is 3.57. The largest absolute Gasteiger partial charge is 0.394 e. The number of nitrogens with one attached hydrogen (secondary N) is 1. The molecule has 0 radical (unpaired) electrons. The Kier molecular flexibility index (Phi) is 38.9. The van der Waals surface area contributed by atoms with Crippen molar-refractivity contribution in [1.29, 1.82) is 0 Å². The van der Waals surface area contributed by atoms with Gasteiger partial charge in [0, 0.05) is 6.42 Å². The number of carbonyl (C=O) groups excluding carboxylic acids is 1. The van der Waals surface area contributed by atoms with Gasteiger partial charge in [0.2, 0.25) is 5.91 Å². The lowest BCUT2D eigenvalue weighted by Crippen LogP contribution is -2.60. The highest BCUT2D eigenvalue weighted by atomic mass is 16.7. The van der Waals surface area contributed by atoms with E-state index in [0.717, 1.165) is 96.3 Å². The summed E-state index contributed by atoms with van der Waals surface area (Å²) in [6, 6.07) is -0.829.